The fourth-order valence-corrected chi connectivity index (χ4v) is 4.15. The molecule has 1 aliphatic rings. The van der Waals surface area contributed by atoms with Gasteiger partial charge in [0.25, 0.3) is 0 Å². The molecule has 0 aliphatic carbocycles. The number of hydrogen-bond donors (Lipinski definition) is 2. The van der Waals surface area contributed by atoms with E-state index in [0.717, 1.165) is 30.2 Å². The Morgan fingerprint density at radius 3 is 2.59 bits per heavy atom. The SMILES string of the molecule is COc1ccc(OC)c(C(C)NC(=O)CN2C[C@@H](CN)[C@H](c3ccccc3)C2)c1. The smallest absolute Gasteiger partial charge is 0.234 e. The Labute approximate surface area is 173 Å². The van der Waals surface area contributed by atoms with Crippen LogP contribution in [0.15, 0.2) is 48.5 Å². The lowest BCUT2D eigenvalue weighted by molar-refractivity contribution is -0.122. The van der Waals surface area contributed by atoms with Crippen molar-refractivity contribution in [2.75, 3.05) is 40.4 Å². The van der Waals surface area contributed by atoms with Gasteiger partial charge >= 0.3 is 0 Å². The molecule has 2 aromatic rings. The van der Waals surface area contributed by atoms with Crippen LogP contribution in [0.4, 0.5) is 0 Å². The fraction of sp³-hybridized carbons (Fsp3) is 0.435. The monoisotopic (exact) mass is 397 g/mol. The van der Waals surface area contributed by atoms with Crippen LogP contribution in [0.5, 0.6) is 11.5 Å². The van der Waals surface area contributed by atoms with Gasteiger partial charge in [-0.05, 0) is 43.1 Å². The summed E-state index contributed by atoms with van der Waals surface area (Å²) >= 11 is 0. The summed E-state index contributed by atoms with van der Waals surface area (Å²) < 4.78 is 10.7. The van der Waals surface area contributed by atoms with Crippen LogP contribution in [0, 0.1) is 5.92 Å². The highest BCUT2D eigenvalue weighted by molar-refractivity contribution is 5.78. The normalized spacial score (nSPS) is 20.3. The van der Waals surface area contributed by atoms with Gasteiger partial charge in [-0.15, -0.1) is 0 Å². The Kier molecular flexibility index (Phi) is 7.12. The quantitative estimate of drug-likeness (QED) is 0.716. The van der Waals surface area contributed by atoms with E-state index in [4.69, 9.17) is 15.2 Å². The molecular formula is C23H31N3O3. The minimum atomic E-state index is -0.189. The van der Waals surface area contributed by atoms with Gasteiger partial charge in [0, 0.05) is 24.6 Å². The van der Waals surface area contributed by atoms with Gasteiger partial charge in [-0.25, -0.2) is 0 Å². The first-order valence-corrected chi connectivity index (χ1v) is 10.0. The number of carbonyl (C=O) groups excluding carboxylic acids is 1. The van der Waals surface area contributed by atoms with E-state index in [9.17, 15) is 4.79 Å². The number of nitrogens with two attached hydrogens (primary N) is 1. The van der Waals surface area contributed by atoms with Crippen molar-refractivity contribution in [3.63, 3.8) is 0 Å². The van der Waals surface area contributed by atoms with Crippen LogP contribution in [0.2, 0.25) is 0 Å². The lowest BCUT2D eigenvalue weighted by Crippen LogP contribution is -2.37. The van der Waals surface area contributed by atoms with Gasteiger partial charge in [-0.2, -0.15) is 0 Å². The topological polar surface area (TPSA) is 76.8 Å². The second-order valence-corrected chi connectivity index (χ2v) is 7.60. The molecule has 0 bridgehead atoms. The fourth-order valence-electron chi connectivity index (χ4n) is 4.15. The molecule has 3 rings (SSSR count). The second kappa shape index (κ2) is 9.76. The molecule has 156 valence electrons. The first-order valence-electron chi connectivity index (χ1n) is 10.0. The lowest BCUT2D eigenvalue weighted by Gasteiger charge is -2.21. The van der Waals surface area contributed by atoms with E-state index in [-0.39, 0.29) is 11.9 Å². The molecule has 29 heavy (non-hydrogen) atoms. The summed E-state index contributed by atoms with van der Waals surface area (Å²) in [4.78, 5) is 14.9. The largest absolute Gasteiger partial charge is 0.497 e. The molecule has 0 aromatic heterocycles. The molecule has 0 spiro atoms. The van der Waals surface area contributed by atoms with Crippen molar-refractivity contribution >= 4 is 5.91 Å². The van der Waals surface area contributed by atoms with E-state index >= 15 is 0 Å². The van der Waals surface area contributed by atoms with Gasteiger partial charge < -0.3 is 20.5 Å². The van der Waals surface area contributed by atoms with Gasteiger partial charge in [0.2, 0.25) is 5.91 Å². The number of rotatable bonds is 8. The van der Waals surface area contributed by atoms with Crippen LogP contribution >= 0.6 is 0 Å². The number of amides is 1. The van der Waals surface area contributed by atoms with Crippen LogP contribution < -0.4 is 20.5 Å². The number of methoxy groups -OCH3 is 2. The predicted octanol–water partition coefficient (Wildman–Crippen LogP) is 2.56. The lowest BCUT2D eigenvalue weighted by atomic mass is 9.89. The van der Waals surface area contributed by atoms with Crippen LogP contribution in [0.1, 0.15) is 30.0 Å². The second-order valence-electron chi connectivity index (χ2n) is 7.60. The van der Waals surface area contributed by atoms with Crippen molar-refractivity contribution < 1.29 is 14.3 Å². The number of benzene rings is 2. The molecule has 0 saturated carbocycles. The number of likely N-dealkylation sites (tertiary alicyclic amines) is 1. The molecular weight excluding hydrogens is 366 g/mol. The highest BCUT2D eigenvalue weighted by atomic mass is 16.5. The predicted molar refractivity (Wildman–Crippen MR) is 114 cm³/mol. The first kappa shape index (κ1) is 21.1. The summed E-state index contributed by atoms with van der Waals surface area (Å²) in [7, 11) is 3.25. The average molecular weight is 398 g/mol. The highest BCUT2D eigenvalue weighted by Gasteiger charge is 2.33. The molecule has 6 nitrogen and oxygen atoms in total. The van der Waals surface area contributed by atoms with E-state index < -0.39 is 0 Å². The number of ether oxygens (including phenoxy) is 2. The minimum Gasteiger partial charge on any atom is -0.497 e. The van der Waals surface area contributed by atoms with Crippen molar-refractivity contribution in [1.82, 2.24) is 10.2 Å². The Hall–Kier alpha value is -2.57. The van der Waals surface area contributed by atoms with Crippen molar-refractivity contribution in [3.05, 3.63) is 59.7 Å². The molecule has 1 saturated heterocycles. The zero-order chi connectivity index (χ0) is 20.8. The van der Waals surface area contributed by atoms with Gasteiger partial charge in [0.1, 0.15) is 11.5 Å². The van der Waals surface area contributed by atoms with E-state index in [1.54, 1.807) is 14.2 Å². The maximum Gasteiger partial charge on any atom is 0.234 e. The summed E-state index contributed by atoms with van der Waals surface area (Å²) in [5.41, 5.74) is 8.20. The Morgan fingerprint density at radius 1 is 1.17 bits per heavy atom. The molecule has 3 atom stereocenters. The van der Waals surface area contributed by atoms with Crippen molar-refractivity contribution in [3.8, 4) is 11.5 Å². The maximum absolute atomic E-state index is 12.7. The Bertz CT molecular complexity index is 812. The zero-order valence-corrected chi connectivity index (χ0v) is 17.4. The van der Waals surface area contributed by atoms with Crippen molar-refractivity contribution in [1.29, 1.82) is 0 Å². The van der Waals surface area contributed by atoms with Crippen LogP contribution in [-0.2, 0) is 4.79 Å². The van der Waals surface area contributed by atoms with E-state index in [0.29, 0.717) is 24.9 Å². The summed E-state index contributed by atoms with van der Waals surface area (Å²) in [6, 6.07) is 15.8. The summed E-state index contributed by atoms with van der Waals surface area (Å²) in [5, 5.41) is 3.09. The molecule has 1 amide bonds. The molecule has 1 fully saturated rings. The molecule has 1 aliphatic heterocycles. The van der Waals surface area contributed by atoms with Crippen LogP contribution in [-0.4, -0.2) is 51.2 Å². The summed E-state index contributed by atoms with van der Waals surface area (Å²) in [6.07, 6.45) is 0. The van der Waals surface area contributed by atoms with Crippen molar-refractivity contribution in [2.24, 2.45) is 11.7 Å². The van der Waals surface area contributed by atoms with E-state index in [1.807, 2.05) is 31.2 Å². The van der Waals surface area contributed by atoms with E-state index in [1.165, 1.54) is 5.56 Å². The standard InChI is InChI=1S/C23H31N3O3/c1-16(20-11-19(28-2)9-10-22(20)29-3)25-23(27)15-26-13-18(12-24)21(14-26)17-7-5-4-6-8-17/h4-11,16,18,21H,12-15,24H2,1-3H3,(H,25,27)/t16?,18-,21+/m1/s1. The number of nitrogens with zero attached hydrogens (tertiary/aromatic N) is 1. The zero-order valence-electron chi connectivity index (χ0n) is 17.4. The molecule has 0 radical (unpaired) electrons. The number of hydrogen-bond acceptors (Lipinski definition) is 5. The van der Waals surface area contributed by atoms with E-state index in [2.05, 4.69) is 34.5 Å². The molecule has 2 aromatic carbocycles. The molecule has 3 N–H and O–H groups in total. The third-order valence-corrected chi connectivity index (χ3v) is 5.70. The summed E-state index contributed by atoms with van der Waals surface area (Å²) in [6.45, 7) is 4.61. The third-order valence-electron chi connectivity index (χ3n) is 5.70. The van der Waals surface area contributed by atoms with Crippen LogP contribution in [0.3, 0.4) is 0 Å². The van der Waals surface area contributed by atoms with Gasteiger partial charge in [0.05, 0.1) is 26.8 Å². The average Bonchev–Trinajstić information content (AvgIpc) is 3.16. The molecule has 1 unspecified atom stereocenters. The van der Waals surface area contributed by atoms with Crippen molar-refractivity contribution in [2.45, 2.75) is 18.9 Å². The van der Waals surface area contributed by atoms with Gasteiger partial charge in [-0.1, -0.05) is 30.3 Å². The molecule has 6 heteroatoms. The minimum absolute atomic E-state index is 0.00754. The molecule has 1 heterocycles. The maximum atomic E-state index is 12.7. The van der Waals surface area contributed by atoms with Gasteiger partial charge in [0.15, 0.2) is 0 Å². The number of nitrogens with one attached hydrogen (secondary N) is 1. The van der Waals surface area contributed by atoms with Gasteiger partial charge in [-0.3, -0.25) is 9.69 Å². The summed E-state index contributed by atoms with van der Waals surface area (Å²) in [5.74, 6) is 2.18. The number of carbonyl (C=O) groups is 1. The Balaban J connectivity index is 1.62. The Morgan fingerprint density at radius 2 is 1.93 bits per heavy atom. The third kappa shape index (κ3) is 5.08. The van der Waals surface area contributed by atoms with Crippen LogP contribution in [0.25, 0.3) is 0 Å². The first-order chi connectivity index (χ1) is 14.0. The highest BCUT2D eigenvalue weighted by Crippen LogP contribution is 2.32.